The van der Waals surface area contributed by atoms with Gasteiger partial charge in [0.2, 0.25) is 0 Å². The fourth-order valence-electron chi connectivity index (χ4n) is 2.73. The highest BCUT2D eigenvalue weighted by Crippen LogP contribution is 2.27. The van der Waals surface area contributed by atoms with Crippen molar-refractivity contribution in [1.82, 2.24) is 4.90 Å². The maximum Gasteiger partial charge on any atom is 0.305 e. The summed E-state index contributed by atoms with van der Waals surface area (Å²) in [6.07, 6.45) is -0.192. The number of aliphatic carboxylic acids is 1. The third kappa shape index (κ3) is 5.54. The molecule has 0 bridgehead atoms. The summed E-state index contributed by atoms with van der Waals surface area (Å²) in [5, 5.41) is 23.4. The predicted molar refractivity (Wildman–Crippen MR) is 105 cm³/mol. The van der Waals surface area contributed by atoms with Crippen LogP contribution in [0.3, 0.4) is 0 Å². The minimum Gasteiger partial charge on any atom is -0.481 e. The molecule has 0 atom stereocenters. The minimum atomic E-state index is -1.01. The van der Waals surface area contributed by atoms with Crippen LogP contribution in [0.2, 0.25) is 0 Å². The third-order valence-corrected chi connectivity index (χ3v) is 4.22. The second kappa shape index (κ2) is 9.50. The molecule has 148 valence electrons. The van der Waals surface area contributed by atoms with Crippen molar-refractivity contribution in [2.75, 3.05) is 11.9 Å². The van der Waals surface area contributed by atoms with Crippen LogP contribution in [0.15, 0.2) is 48.5 Å². The normalized spacial score (nSPS) is 10.5. The molecule has 8 nitrogen and oxygen atoms in total. The first-order valence-electron chi connectivity index (χ1n) is 8.88. The number of anilines is 1. The van der Waals surface area contributed by atoms with Crippen molar-refractivity contribution in [3.63, 3.8) is 0 Å². The number of nitrogens with one attached hydrogen (secondary N) is 1. The Morgan fingerprint density at radius 3 is 2.43 bits per heavy atom. The first kappa shape index (κ1) is 20.9. The van der Waals surface area contributed by atoms with E-state index in [0.717, 1.165) is 5.56 Å². The van der Waals surface area contributed by atoms with Crippen molar-refractivity contribution in [1.29, 1.82) is 0 Å². The Labute approximate surface area is 162 Å². The number of hydrogen-bond donors (Lipinski definition) is 2. The molecule has 2 aromatic rings. The molecule has 1 amide bonds. The summed E-state index contributed by atoms with van der Waals surface area (Å²) in [4.78, 5) is 35.9. The van der Waals surface area contributed by atoms with E-state index in [9.17, 15) is 19.7 Å². The molecule has 2 aromatic carbocycles. The van der Waals surface area contributed by atoms with Crippen molar-refractivity contribution in [3.05, 3.63) is 69.8 Å². The summed E-state index contributed by atoms with van der Waals surface area (Å²) >= 11 is 0. The molecule has 0 unspecified atom stereocenters. The van der Waals surface area contributed by atoms with Crippen LogP contribution in [0.4, 0.5) is 11.4 Å². The van der Waals surface area contributed by atoms with Crippen molar-refractivity contribution < 1.29 is 19.6 Å². The Morgan fingerprint density at radius 1 is 1.18 bits per heavy atom. The zero-order chi connectivity index (χ0) is 20.7. The molecule has 0 aromatic heterocycles. The van der Waals surface area contributed by atoms with E-state index in [2.05, 4.69) is 5.32 Å². The smallest absolute Gasteiger partial charge is 0.305 e. The topological polar surface area (TPSA) is 113 Å². The molecule has 0 aliphatic heterocycles. The van der Waals surface area contributed by atoms with Crippen molar-refractivity contribution in [2.45, 2.75) is 32.9 Å². The quantitative estimate of drug-likeness (QED) is 0.504. The summed E-state index contributed by atoms with van der Waals surface area (Å²) in [5.74, 6) is -1.45. The molecule has 2 N–H and O–H groups in total. The fraction of sp³-hybridized carbons (Fsp3) is 0.300. The van der Waals surface area contributed by atoms with Gasteiger partial charge >= 0.3 is 5.97 Å². The highest BCUT2D eigenvalue weighted by molar-refractivity contribution is 5.96. The van der Waals surface area contributed by atoms with Gasteiger partial charge in [0, 0.05) is 30.8 Å². The zero-order valence-corrected chi connectivity index (χ0v) is 15.8. The average molecular weight is 385 g/mol. The lowest BCUT2D eigenvalue weighted by atomic mass is 10.1. The largest absolute Gasteiger partial charge is 0.481 e. The maximum atomic E-state index is 12.8. The van der Waals surface area contributed by atoms with Crippen LogP contribution in [0.25, 0.3) is 0 Å². The molecule has 2 rings (SSSR count). The van der Waals surface area contributed by atoms with Crippen LogP contribution in [0.5, 0.6) is 0 Å². The molecule has 0 spiro atoms. The van der Waals surface area contributed by atoms with E-state index < -0.39 is 16.8 Å². The van der Waals surface area contributed by atoms with Gasteiger partial charge in [0.1, 0.15) is 5.69 Å². The van der Waals surface area contributed by atoms with Crippen LogP contribution in [0.1, 0.15) is 36.2 Å². The summed E-state index contributed by atoms with van der Waals surface area (Å²) in [6.45, 7) is 3.98. The molecule has 0 saturated heterocycles. The number of nitro benzene ring substituents is 1. The predicted octanol–water partition coefficient (Wildman–Crippen LogP) is 3.53. The maximum absolute atomic E-state index is 12.8. The van der Waals surface area contributed by atoms with Crippen molar-refractivity contribution in [3.8, 4) is 0 Å². The summed E-state index contributed by atoms with van der Waals surface area (Å²) in [5.41, 5.74) is 1.23. The van der Waals surface area contributed by atoms with Crippen LogP contribution < -0.4 is 5.32 Å². The van der Waals surface area contributed by atoms with E-state index in [0.29, 0.717) is 12.2 Å². The van der Waals surface area contributed by atoms with Gasteiger partial charge in [0.25, 0.3) is 11.6 Å². The molecule has 0 heterocycles. The molecule has 0 aliphatic rings. The molecular formula is C20H23N3O5. The van der Waals surface area contributed by atoms with Crippen LogP contribution in [-0.4, -0.2) is 39.4 Å². The summed E-state index contributed by atoms with van der Waals surface area (Å²) < 4.78 is 0. The zero-order valence-electron chi connectivity index (χ0n) is 15.8. The second-order valence-corrected chi connectivity index (χ2v) is 6.56. The van der Waals surface area contributed by atoms with E-state index in [1.165, 1.54) is 23.1 Å². The van der Waals surface area contributed by atoms with Gasteiger partial charge < -0.3 is 15.3 Å². The standard InChI is InChI=1S/C20H23N3O5/c1-14(2)22(11-10-19(24)25)20(26)16-8-9-17(18(12-16)23(27)28)21-13-15-6-4-3-5-7-15/h3-9,12,14,21H,10-11,13H2,1-2H3,(H,24,25). The summed E-state index contributed by atoms with van der Waals surface area (Å²) in [6, 6.07) is 13.5. The molecular weight excluding hydrogens is 362 g/mol. The van der Waals surface area contributed by atoms with Gasteiger partial charge in [0.05, 0.1) is 11.3 Å². The number of rotatable bonds is 9. The first-order valence-corrected chi connectivity index (χ1v) is 8.88. The first-order chi connectivity index (χ1) is 13.3. The van der Waals surface area contributed by atoms with Gasteiger partial charge in [-0.1, -0.05) is 30.3 Å². The van der Waals surface area contributed by atoms with Gasteiger partial charge in [-0.25, -0.2) is 0 Å². The number of hydrogen-bond acceptors (Lipinski definition) is 5. The molecule has 0 aliphatic carbocycles. The van der Waals surface area contributed by atoms with E-state index in [-0.39, 0.29) is 30.3 Å². The Balaban J connectivity index is 2.23. The van der Waals surface area contributed by atoms with E-state index in [1.54, 1.807) is 13.8 Å². The lowest BCUT2D eigenvalue weighted by molar-refractivity contribution is -0.384. The van der Waals surface area contributed by atoms with Crippen molar-refractivity contribution in [2.24, 2.45) is 0 Å². The lowest BCUT2D eigenvalue weighted by Gasteiger charge is -2.26. The van der Waals surface area contributed by atoms with Crippen LogP contribution in [0, 0.1) is 10.1 Å². The van der Waals surface area contributed by atoms with Gasteiger partial charge in [-0.05, 0) is 31.5 Å². The van der Waals surface area contributed by atoms with Crippen LogP contribution in [-0.2, 0) is 11.3 Å². The molecule has 0 fully saturated rings. The number of carboxylic acids is 1. The molecule has 0 radical (unpaired) electrons. The Kier molecular flexibility index (Phi) is 7.08. The highest BCUT2D eigenvalue weighted by Gasteiger charge is 2.23. The Morgan fingerprint density at radius 2 is 1.86 bits per heavy atom. The summed E-state index contributed by atoms with van der Waals surface area (Å²) in [7, 11) is 0. The highest BCUT2D eigenvalue weighted by atomic mass is 16.6. The Hall–Kier alpha value is -3.42. The van der Waals surface area contributed by atoms with Gasteiger partial charge in [-0.15, -0.1) is 0 Å². The van der Waals surface area contributed by atoms with Crippen LogP contribution >= 0.6 is 0 Å². The van der Waals surface area contributed by atoms with E-state index in [1.807, 2.05) is 30.3 Å². The fourth-order valence-corrected chi connectivity index (χ4v) is 2.73. The molecule has 28 heavy (non-hydrogen) atoms. The number of amides is 1. The number of carbonyl (C=O) groups excluding carboxylic acids is 1. The SMILES string of the molecule is CC(C)N(CCC(=O)O)C(=O)c1ccc(NCc2ccccc2)c([N+](=O)[O-])c1. The van der Waals surface area contributed by atoms with Gasteiger partial charge in [-0.3, -0.25) is 19.7 Å². The number of carbonyl (C=O) groups is 2. The van der Waals surface area contributed by atoms with Crippen molar-refractivity contribution >= 4 is 23.3 Å². The number of benzene rings is 2. The lowest BCUT2D eigenvalue weighted by Crippen LogP contribution is -2.38. The second-order valence-electron chi connectivity index (χ2n) is 6.56. The minimum absolute atomic E-state index is 0.0354. The van der Waals surface area contributed by atoms with E-state index >= 15 is 0 Å². The Bertz CT molecular complexity index is 852. The average Bonchev–Trinajstić information content (AvgIpc) is 2.66. The van der Waals surface area contributed by atoms with Gasteiger partial charge in [0.15, 0.2) is 0 Å². The number of nitrogens with zero attached hydrogens (tertiary/aromatic N) is 2. The molecule has 0 saturated carbocycles. The molecule has 8 heteroatoms. The number of carboxylic acid groups (broad SMARTS) is 1. The third-order valence-electron chi connectivity index (χ3n) is 4.22. The van der Waals surface area contributed by atoms with E-state index in [4.69, 9.17) is 5.11 Å². The number of nitro groups is 1. The monoisotopic (exact) mass is 385 g/mol. The van der Waals surface area contributed by atoms with Gasteiger partial charge in [-0.2, -0.15) is 0 Å².